The number of thioether (sulfide) groups is 1. The summed E-state index contributed by atoms with van der Waals surface area (Å²) in [6.07, 6.45) is 0.0845. The van der Waals surface area contributed by atoms with E-state index in [2.05, 4.69) is 10.3 Å². The fourth-order valence-corrected chi connectivity index (χ4v) is 4.86. The van der Waals surface area contributed by atoms with Gasteiger partial charge in [0, 0.05) is 12.2 Å². The zero-order valence-corrected chi connectivity index (χ0v) is 19.8. The molecule has 0 bridgehead atoms. The van der Waals surface area contributed by atoms with Crippen LogP contribution in [0.2, 0.25) is 0 Å². The van der Waals surface area contributed by atoms with Gasteiger partial charge in [-0.25, -0.2) is 14.2 Å². The number of halogens is 1. The van der Waals surface area contributed by atoms with Gasteiger partial charge < -0.3 is 19.7 Å². The van der Waals surface area contributed by atoms with E-state index in [4.69, 9.17) is 9.47 Å². The molecule has 0 radical (unpaired) electrons. The summed E-state index contributed by atoms with van der Waals surface area (Å²) in [4.78, 5) is 32.0. The number of hydrogen-bond donors (Lipinski definition) is 1. The number of carbonyl (C=O) groups excluding carboxylic acids is 2. The molecule has 0 saturated heterocycles. The molecule has 2 aromatic rings. The monoisotopic (exact) mass is 481 g/mol. The van der Waals surface area contributed by atoms with E-state index in [1.54, 1.807) is 26.2 Å². The van der Waals surface area contributed by atoms with Crippen molar-refractivity contribution < 1.29 is 23.5 Å². The van der Waals surface area contributed by atoms with E-state index < -0.39 is 12.0 Å². The van der Waals surface area contributed by atoms with Crippen molar-refractivity contribution in [3.63, 3.8) is 0 Å². The molecule has 7 nitrogen and oxygen atoms in total. The van der Waals surface area contributed by atoms with Crippen LogP contribution in [0.5, 0.6) is 5.75 Å². The largest absolute Gasteiger partial charge is 0.497 e. The predicted molar refractivity (Wildman–Crippen MR) is 128 cm³/mol. The first-order valence-electron chi connectivity index (χ1n) is 10.6. The first-order valence-corrected chi connectivity index (χ1v) is 11.5. The van der Waals surface area contributed by atoms with Crippen molar-refractivity contribution in [1.29, 1.82) is 0 Å². The number of nitrogens with zero attached hydrogens (tertiary/aromatic N) is 2. The lowest BCUT2D eigenvalue weighted by atomic mass is 9.93. The Morgan fingerprint density at radius 2 is 1.94 bits per heavy atom. The second kappa shape index (κ2) is 10.1. The third-order valence-corrected chi connectivity index (χ3v) is 6.45. The van der Waals surface area contributed by atoms with Crippen molar-refractivity contribution in [2.24, 2.45) is 4.99 Å². The summed E-state index contributed by atoms with van der Waals surface area (Å²) in [6.45, 7) is 2.06. The van der Waals surface area contributed by atoms with Gasteiger partial charge in [0.05, 0.1) is 38.0 Å². The lowest BCUT2D eigenvalue weighted by Crippen LogP contribution is -2.37. The maximum Gasteiger partial charge on any atom is 0.338 e. The van der Waals surface area contributed by atoms with Crippen LogP contribution in [0.4, 0.5) is 4.39 Å². The minimum absolute atomic E-state index is 0.0845. The number of carbonyl (C=O) groups is 2. The molecule has 1 amide bonds. The fourth-order valence-electron chi connectivity index (χ4n) is 3.90. The van der Waals surface area contributed by atoms with Crippen LogP contribution in [-0.4, -0.2) is 36.2 Å². The third-order valence-electron chi connectivity index (χ3n) is 5.56. The van der Waals surface area contributed by atoms with Gasteiger partial charge in [-0.2, -0.15) is 0 Å². The minimum atomic E-state index is -0.527. The molecule has 1 atom stereocenters. The van der Waals surface area contributed by atoms with Crippen LogP contribution < -0.4 is 10.1 Å². The molecule has 176 valence electrons. The van der Waals surface area contributed by atoms with Gasteiger partial charge in [0.2, 0.25) is 5.91 Å². The van der Waals surface area contributed by atoms with Crippen LogP contribution in [0.15, 0.2) is 75.9 Å². The summed E-state index contributed by atoms with van der Waals surface area (Å²) in [5.41, 5.74) is 3.28. The zero-order valence-electron chi connectivity index (χ0n) is 19.0. The van der Waals surface area contributed by atoms with Crippen molar-refractivity contribution >= 4 is 28.8 Å². The summed E-state index contributed by atoms with van der Waals surface area (Å²) in [5, 5.41) is 5.42. The zero-order chi connectivity index (χ0) is 24.2. The molecule has 34 heavy (non-hydrogen) atoms. The lowest BCUT2D eigenvalue weighted by Gasteiger charge is -2.36. The van der Waals surface area contributed by atoms with E-state index >= 15 is 0 Å². The van der Waals surface area contributed by atoms with Gasteiger partial charge >= 0.3 is 5.97 Å². The summed E-state index contributed by atoms with van der Waals surface area (Å²) in [5.74, 6) is -0.357. The average Bonchev–Trinajstić information content (AvgIpc) is 3.24. The smallest absolute Gasteiger partial charge is 0.338 e. The van der Waals surface area contributed by atoms with Crippen molar-refractivity contribution in [1.82, 2.24) is 10.2 Å². The fraction of sp³-hybridized carbons (Fsp3) is 0.240. The second-order valence-electron chi connectivity index (χ2n) is 7.74. The highest BCUT2D eigenvalue weighted by molar-refractivity contribution is 8.16. The number of ether oxygens (including phenoxy) is 2. The van der Waals surface area contributed by atoms with Gasteiger partial charge in [0.1, 0.15) is 11.6 Å². The molecular formula is C25H24FN3O4S. The highest BCUT2D eigenvalue weighted by Gasteiger charge is 2.41. The Balaban J connectivity index is 1.60. The van der Waals surface area contributed by atoms with Crippen molar-refractivity contribution in [3.05, 3.63) is 87.9 Å². The predicted octanol–water partition coefficient (Wildman–Crippen LogP) is 4.29. The van der Waals surface area contributed by atoms with Gasteiger partial charge in [-0.15, -0.1) is 0 Å². The second-order valence-corrected chi connectivity index (χ2v) is 8.58. The summed E-state index contributed by atoms with van der Waals surface area (Å²) in [7, 11) is 2.92. The highest BCUT2D eigenvalue weighted by Crippen LogP contribution is 2.45. The number of benzene rings is 2. The van der Waals surface area contributed by atoms with E-state index in [9.17, 15) is 14.0 Å². The molecule has 0 saturated carbocycles. The number of esters is 1. The Hall–Kier alpha value is -3.59. The van der Waals surface area contributed by atoms with Crippen LogP contribution in [0.3, 0.4) is 0 Å². The molecule has 2 aliphatic heterocycles. The quantitative estimate of drug-likeness (QED) is 0.595. The van der Waals surface area contributed by atoms with E-state index in [-0.39, 0.29) is 24.7 Å². The summed E-state index contributed by atoms with van der Waals surface area (Å²) >= 11 is 1.40. The van der Waals surface area contributed by atoms with E-state index in [1.165, 1.54) is 31.0 Å². The number of aliphatic imine (C=N–C) groups is 1. The average molecular weight is 482 g/mol. The van der Waals surface area contributed by atoms with Gasteiger partial charge in [-0.1, -0.05) is 36.0 Å². The molecule has 2 heterocycles. The number of nitrogens with one attached hydrogen (secondary N) is 1. The molecule has 0 unspecified atom stereocenters. The van der Waals surface area contributed by atoms with Gasteiger partial charge in [-0.05, 0) is 47.7 Å². The topological polar surface area (TPSA) is 80.2 Å². The third kappa shape index (κ3) is 4.84. The summed E-state index contributed by atoms with van der Waals surface area (Å²) in [6, 6.07) is 12.9. The first-order chi connectivity index (χ1) is 16.4. The number of fused-ring (bicyclic) bond motifs is 1. The van der Waals surface area contributed by atoms with Gasteiger partial charge in [0.25, 0.3) is 0 Å². The number of methoxy groups -OCH3 is 2. The first kappa shape index (κ1) is 23.6. The maximum absolute atomic E-state index is 13.1. The Morgan fingerprint density at radius 1 is 1.18 bits per heavy atom. The number of amides is 1. The van der Waals surface area contributed by atoms with Gasteiger partial charge in [-0.3, -0.25) is 4.79 Å². The van der Waals surface area contributed by atoms with Gasteiger partial charge in [0.15, 0.2) is 5.17 Å². The van der Waals surface area contributed by atoms with Crippen molar-refractivity contribution in [2.75, 3.05) is 14.2 Å². The lowest BCUT2D eigenvalue weighted by molar-refractivity contribution is -0.136. The van der Waals surface area contributed by atoms with Crippen LogP contribution in [-0.2, 0) is 20.9 Å². The van der Waals surface area contributed by atoms with Crippen LogP contribution in [0, 0.1) is 5.82 Å². The molecule has 0 aromatic heterocycles. The maximum atomic E-state index is 13.1. The number of amidine groups is 1. The number of hydrogen-bond acceptors (Lipinski definition) is 7. The number of allylic oxidation sites excluding steroid dienone is 1. The minimum Gasteiger partial charge on any atom is -0.497 e. The molecule has 9 heteroatoms. The van der Waals surface area contributed by atoms with E-state index in [1.807, 2.05) is 34.6 Å². The SMILES string of the molecule is COC(=O)C1=C(C)N=C2SC=C(CC(=O)NCc3ccc(F)cc3)N2[C@H]1c1cccc(OC)c1. The molecule has 1 N–H and O–H groups in total. The van der Waals surface area contributed by atoms with Crippen LogP contribution in [0.1, 0.15) is 30.5 Å². The molecule has 0 spiro atoms. The molecule has 0 fully saturated rings. The Kier molecular flexibility index (Phi) is 7.02. The van der Waals surface area contributed by atoms with Crippen LogP contribution >= 0.6 is 11.8 Å². The normalized spacial score (nSPS) is 17.1. The van der Waals surface area contributed by atoms with E-state index in [0.29, 0.717) is 27.9 Å². The highest BCUT2D eigenvalue weighted by atomic mass is 32.2. The Labute approximate surface area is 201 Å². The van der Waals surface area contributed by atoms with Crippen molar-refractivity contribution in [3.8, 4) is 5.75 Å². The number of rotatable bonds is 7. The molecular weight excluding hydrogens is 457 g/mol. The van der Waals surface area contributed by atoms with E-state index in [0.717, 1.165) is 11.1 Å². The molecule has 2 aliphatic rings. The molecule has 0 aliphatic carbocycles. The molecule has 2 aromatic carbocycles. The summed E-state index contributed by atoms with van der Waals surface area (Å²) < 4.78 is 23.6. The van der Waals surface area contributed by atoms with Crippen molar-refractivity contribution in [2.45, 2.75) is 25.9 Å². The Morgan fingerprint density at radius 3 is 2.65 bits per heavy atom. The standard InChI is InChI=1S/C25H24FN3O4S/c1-15-22(24(31)33-3)23(17-5-4-6-20(11-17)32-2)29-19(14-34-25(29)28-15)12-21(30)27-13-16-7-9-18(26)10-8-16/h4-11,14,23H,12-13H2,1-3H3,(H,27,30)/t23-/m0/s1. The van der Waals surface area contributed by atoms with Crippen LogP contribution in [0.25, 0.3) is 0 Å². The molecule has 4 rings (SSSR count). The Bertz CT molecular complexity index is 1210.